The van der Waals surface area contributed by atoms with Crippen molar-refractivity contribution in [2.75, 3.05) is 0 Å². The third kappa shape index (κ3) is 3.81. The van der Waals surface area contributed by atoms with Crippen molar-refractivity contribution >= 4 is 11.7 Å². The second-order valence-corrected chi connectivity index (χ2v) is 5.71. The first-order valence-electron chi connectivity index (χ1n) is 7.91. The predicted octanol–water partition coefficient (Wildman–Crippen LogP) is 4.01. The van der Waals surface area contributed by atoms with Crippen LogP contribution in [-0.2, 0) is 4.74 Å². The SMILES string of the molecule is Cc1c(C(=O)O[C@@H](C)c2nnc(-c3ccc(F)cc3)o2)cccc1[N+](=O)[O-]. The van der Waals surface area contributed by atoms with E-state index in [1.807, 2.05) is 0 Å². The number of nitro groups is 1. The zero-order chi connectivity index (χ0) is 19.6. The molecular formula is C18H14FN3O5. The van der Waals surface area contributed by atoms with Gasteiger partial charge in [0.15, 0.2) is 6.10 Å². The molecule has 0 unspecified atom stereocenters. The van der Waals surface area contributed by atoms with E-state index >= 15 is 0 Å². The number of ether oxygens (including phenoxy) is 1. The van der Waals surface area contributed by atoms with E-state index in [4.69, 9.17) is 9.15 Å². The third-order valence-corrected chi connectivity index (χ3v) is 3.89. The van der Waals surface area contributed by atoms with Gasteiger partial charge in [0.2, 0.25) is 5.89 Å². The molecule has 0 bridgehead atoms. The number of nitrogens with zero attached hydrogens (tertiary/aromatic N) is 3. The molecule has 0 fully saturated rings. The summed E-state index contributed by atoms with van der Waals surface area (Å²) >= 11 is 0. The topological polar surface area (TPSA) is 108 Å². The fraction of sp³-hybridized carbons (Fsp3) is 0.167. The van der Waals surface area contributed by atoms with Gasteiger partial charge in [-0.3, -0.25) is 10.1 Å². The van der Waals surface area contributed by atoms with Gasteiger partial charge in [0.1, 0.15) is 5.82 Å². The maximum absolute atomic E-state index is 13.0. The van der Waals surface area contributed by atoms with E-state index in [-0.39, 0.29) is 28.6 Å². The minimum atomic E-state index is -0.877. The van der Waals surface area contributed by atoms with E-state index in [2.05, 4.69) is 10.2 Å². The highest BCUT2D eigenvalue weighted by atomic mass is 19.1. The molecule has 2 aromatic carbocycles. The Morgan fingerprint density at radius 2 is 1.93 bits per heavy atom. The van der Waals surface area contributed by atoms with Gasteiger partial charge >= 0.3 is 5.97 Å². The second-order valence-electron chi connectivity index (χ2n) is 5.71. The summed E-state index contributed by atoms with van der Waals surface area (Å²) in [5.74, 6) is -0.941. The minimum Gasteiger partial charge on any atom is -0.449 e. The lowest BCUT2D eigenvalue weighted by molar-refractivity contribution is -0.385. The molecule has 1 aromatic heterocycles. The number of rotatable bonds is 5. The maximum Gasteiger partial charge on any atom is 0.339 e. The van der Waals surface area contributed by atoms with Gasteiger partial charge in [0, 0.05) is 17.2 Å². The van der Waals surface area contributed by atoms with E-state index in [1.165, 1.54) is 56.3 Å². The molecule has 138 valence electrons. The van der Waals surface area contributed by atoms with Crippen LogP contribution >= 0.6 is 0 Å². The lowest BCUT2D eigenvalue weighted by Crippen LogP contribution is -2.11. The number of hydrogen-bond donors (Lipinski definition) is 0. The molecule has 0 aliphatic heterocycles. The minimum absolute atomic E-state index is 0.0470. The normalized spacial score (nSPS) is 11.8. The molecule has 3 rings (SSSR count). The lowest BCUT2D eigenvalue weighted by atomic mass is 10.1. The van der Waals surface area contributed by atoms with Gasteiger partial charge < -0.3 is 9.15 Å². The molecule has 0 amide bonds. The first kappa shape index (κ1) is 18.2. The molecule has 0 saturated heterocycles. The zero-order valence-electron chi connectivity index (χ0n) is 14.4. The number of aromatic nitrogens is 2. The third-order valence-electron chi connectivity index (χ3n) is 3.89. The summed E-state index contributed by atoms with van der Waals surface area (Å²) < 4.78 is 23.7. The predicted molar refractivity (Wildman–Crippen MR) is 91.4 cm³/mol. The monoisotopic (exact) mass is 371 g/mol. The van der Waals surface area contributed by atoms with Gasteiger partial charge in [0.25, 0.3) is 11.6 Å². The van der Waals surface area contributed by atoms with Crippen molar-refractivity contribution in [1.29, 1.82) is 0 Å². The fourth-order valence-corrected chi connectivity index (χ4v) is 2.42. The van der Waals surface area contributed by atoms with Crippen molar-refractivity contribution in [3.05, 3.63) is 75.4 Å². The summed E-state index contributed by atoms with van der Waals surface area (Å²) in [7, 11) is 0. The van der Waals surface area contributed by atoms with Crippen LogP contribution in [0, 0.1) is 22.9 Å². The van der Waals surface area contributed by atoms with E-state index in [0.717, 1.165) is 0 Å². The quantitative estimate of drug-likeness (QED) is 0.379. The standard InChI is InChI=1S/C18H14FN3O5/c1-10-14(4-3-5-15(10)22(24)25)18(23)26-11(2)16-20-21-17(27-16)12-6-8-13(19)9-7-12/h3-9,11H,1-2H3/t11-/m0/s1. The first-order chi connectivity index (χ1) is 12.9. The molecule has 0 saturated carbocycles. The summed E-state index contributed by atoms with van der Waals surface area (Å²) in [4.78, 5) is 22.8. The highest BCUT2D eigenvalue weighted by molar-refractivity contribution is 5.92. The van der Waals surface area contributed by atoms with Crippen LogP contribution in [0.3, 0.4) is 0 Å². The van der Waals surface area contributed by atoms with Crippen LogP contribution in [0.15, 0.2) is 46.9 Å². The summed E-state index contributed by atoms with van der Waals surface area (Å²) in [5, 5.41) is 18.7. The Labute approximate surface area is 152 Å². The summed E-state index contributed by atoms with van der Waals surface area (Å²) in [5.41, 5.74) is 0.628. The van der Waals surface area contributed by atoms with Crippen LogP contribution < -0.4 is 0 Å². The van der Waals surface area contributed by atoms with E-state index in [9.17, 15) is 19.3 Å². The molecule has 1 heterocycles. The summed E-state index contributed by atoms with van der Waals surface area (Å²) in [6.07, 6.45) is -0.877. The van der Waals surface area contributed by atoms with Gasteiger partial charge in [-0.15, -0.1) is 10.2 Å². The largest absolute Gasteiger partial charge is 0.449 e. The molecule has 0 aliphatic carbocycles. The summed E-state index contributed by atoms with van der Waals surface area (Å²) in [6, 6.07) is 9.64. The number of hydrogen-bond acceptors (Lipinski definition) is 7. The van der Waals surface area contributed by atoms with Crippen molar-refractivity contribution in [3.8, 4) is 11.5 Å². The number of carbonyl (C=O) groups excluding carboxylic acids is 1. The van der Waals surface area contributed by atoms with Gasteiger partial charge in [-0.25, -0.2) is 9.18 Å². The molecule has 1 atom stereocenters. The molecule has 8 nitrogen and oxygen atoms in total. The van der Waals surface area contributed by atoms with Crippen LogP contribution in [-0.4, -0.2) is 21.1 Å². The summed E-state index contributed by atoms with van der Waals surface area (Å²) in [6.45, 7) is 3.01. The van der Waals surface area contributed by atoms with Crippen LogP contribution in [0.1, 0.15) is 34.8 Å². The van der Waals surface area contributed by atoms with Crippen LogP contribution in [0.25, 0.3) is 11.5 Å². The van der Waals surface area contributed by atoms with Gasteiger partial charge in [-0.05, 0) is 44.2 Å². The number of esters is 1. The Kier molecular flexibility index (Phi) is 4.93. The number of nitro benzene ring substituents is 1. The average Bonchev–Trinajstić information content (AvgIpc) is 3.12. The highest BCUT2D eigenvalue weighted by Gasteiger charge is 2.23. The Morgan fingerprint density at radius 1 is 1.22 bits per heavy atom. The van der Waals surface area contributed by atoms with E-state index < -0.39 is 22.8 Å². The fourth-order valence-electron chi connectivity index (χ4n) is 2.42. The number of carbonyl (C=O) groups is 1. The van der Waals surface area contributed by atoms with Crippen LogP contribution in [0.2, 0.25) is 0 Å². The highest BCUT2D eigenvalue weighted by Crippen LogP contribution is 2.26. The van der Waals surface area contributed by atoms with Gasteiger partial charge in [-0.1, -0.05) is 6.07 Å². The smallest absolute Gasteiger partial charge is 0.339 e. The van der Waals surface area contributed by atoms with Crippen molar-refractivity contribution in [2.24, 2.45) is 0 Å². The van der Waals surface area contributed by atoms with Crippen molar-refractivity contribution in [2.45, 2.75) is 20.0 Å². The maximum atomic E-state index is 13.0. The average molecular weight is 371 g/mol. The van der Waals surface area contributed by atoms with Gasteiger partial charge in [0.05, 0.1) is 10.5 Å². The van der Waals surface area contributed by atoms with E-state index in [1.54, 1.807) is 0 Å². The first-order valence-corrected chi connectivity index (χ1v) is 7.91. The molecule has 27 heavy (non-hydrogen) atoms. The van der Waals surface area contributed by atoms with Crippen molar-refractivity contribution in [3.63, 3.8) is 0 Å². The molecule has 0 radical (unpaired) electrons. The molecule has 0 aliphatic rings. The second kappa shape index (κ2) is 7.32. The van der Waals surface area contributed by atoms with Crippen LogP contribution in [0.4, 0.5) is 10.1 Å². The van der Waals surface area contributed by atoms with E-state index in [0.29, 0.717) is 5.56 Å². The Balaban J connectivity index is 1.77. The Morgan fingerprint density at radius 3 is 2.59 bits per heavy atom. The lowest BCUT2D eigenvalue weighted by Gasteiger charge is -2.11. The molecular weight excluding hydrogens is 357 g/mol. The molecule has 0 spiro atoms. The number of halogens is 1. The van der Waals surface area contributed by atoms with Crippen LogP contribution in [0.5, 0.6) is 0 Å². The molecule has 3 aromatic rings. The zero-order valence-corrected chi connectivity index (χ0v) is 14.4. The number of benzene rings is 2. The van der Waals surface area contributed by atoms with Crippen molar-refractivity contribution < 1.29 is 23.3 Å². The Bertz CT molecular complexity index is 1000. The van der Waals surface area contributed by atoms with Gasteiger partial charge in [-0.2, -0.15) is 0 Å². The molecule has 0 N–H and O–H groups in total. The molecule has 9 heteroatoms. The van der Waals surface area contributed by atoms with Crippen molar-refractivity contribution in [1.82, 2.24) is 10.2 Å². The Hall–Kier alpha value is -3.62.